The van der Waals surface area contributed by atoms with Crippen molar-refractivity contribution in [2.75, 3.05) is 0 Å². The Balaban J connectivity index is 1.86. The van der Waals surface area contributed by atoms with E-state index in [0.29, 0.717) is 22.6 Å². The molecule has 0 saturated carbocycles. The van der Waals surface area contributed by atoms with E-state index in [2.05, 4.69) is 25.3 Å². The predicted molar refractivity (Wildman–Crippen MR) is 83.4 cm³/mol. The predicted octanol–water partition coefficient (Wildman–Crippen LogP) is 3.20. The second-order valence-electron chi connectivity index (χ2n) is 5.05. The zero-order valence-electron chi connectivity index (χ0n) is 12.0. The molecule has 4 rings (SSSR count). The van der Waals surface area contributed by atoms with E-state index in [9.17, 15) is 8.78 Å². The molecule has 9 heteroatoms. The maximum absolute atomic E-state index is 13.9. The van der Waals surface area contributed by atoms with E-state index < -0.39 is 11.6 Å². The summed E-state index contributed by atoms with van der Waals surface area (Å²) in [6, 6.07) is 7.57. The number of halogens is 3. The zero-order chi connectivity index (χ0) is 16.7. The van der Waals surface area contributed by atoms with Crippen molar-refractivity contribution in [3.05, 3.63) is 59.0 Å². The number of hydrogen-bond acceptors (Lipinski definition) is 4. The quantitative estimate of drug-likeness (QED) is 0.618. The standard InChI is InChI=1S/C15H9ClF2N6/c16-15-20-13(21-22-15)12-9-4-2-6-19-14(9)24(23-12)7-8-3-1-5-10(17)11(8)18/h1-6H,7H2,(H,20,21,22). The number of nitrogens with zero attached hydrogens (tertiary/aromatic N) is 5. The molecule has 0 aliphatic heterocycles. The number of pyridine rings is 1. The van der Waals surface area contributed by atoms with Crippen LogP contribution in [0.3, 0.4) is 0 Å². The average molecular weight is 347 g/mol. The Kier molecular flexibility index (Phi) is 3.46. The summed E-state index contributed by atoms with van der Waals surface area (Å²) < 4.78 is 28.8. The number of fused-ring (bicyclic) bond motifs is 1. The molecule has 1 aromatic carbocycles. The fourth-order valence-electron chi connectivity index (χ4n) is 2.47. The maximum Gasteiger partial charge on any atom is 0.242 e. The third kappa shape index (κ3) is 2.41. The van der Waals surface area contributed by atoms with Gasteiger partial charge in [0.15, 0.2) is 23.1 Å². The molecule has 3 aromatic heterocycles. The Bertz CT molecular complexity index is 1040. The van der Waals surface area contributed by atoms with Crippen molar-refractivity contribution in [1.82, 2.24) is 29.9 Å². The zero-order valence-corrected chi connectivity index (χ0v) is 12.8. The normalized spacial score (nSPS) is 11.3. The molecule has 120 valence electrons. The molecule has 0 unspecified atom stereocenters. The summed E-state index contributed by atoms with van der Waals surface area (Å²) in [7, 11) is 0. The topological polar surface area (TPSA) is 72.3 Å². The van der Waals surface area contributed by atoms with Crippen LogP contribution >= 0.6 is 11.6 Å². The van der Waals surface area contributed by atoms with Gasteiger partial charge in [0.2, 0.25) is 5.28 Å². The molecule has 0 aliphatic rings. The van der Waals surface area contributed by atoms with Crippen LogP contribution in [0.5, 0.6) is 0 Å². The second kappa shape index (κ2) is 5.64. The first-order valence-corrected chi connectivity index (χ1v) is 7.34. The van der Waals surface area contributed by atoms with Gasteiger partial charge in [-0.05, 0) is 29.8 Å². The number of hydrogen-bond donors (Lipinski definition) is 1. The molecular formula is C15H9ClF2N6. The Hall–Kier alpha value is -2.87. The minimum absolute atomic E-state index is 0.0268. The van der Waals surface area contributed by atoms with E-state index >= 15 is 0 Å². The van der Waals surface area contributed by atoms with E-state index in [-0.39, 0.29) is 17.4 Å². The Morgan fingerprint density at radius 2 is 2.04 bits per heavy atom. The van der Waals surface area contributed by atoms with E-state index in [1.165, 1.54) is 16.8 Å². The molecule has 6 nitrogen and oxygen atoms in total. The molecule has 0 amide bonds. The Morgan fingerprint density at radius 3 is 2.83 bits per heavy atom. The number of nitrogens with one attached hydrogen (secondary N) is 1. The van der Waals surface area contributed by atoms with E-state index in [1.54, 1.807) is 18.3 Å². The largest absolute Gasteiger partial charge is 0.256 e. The van der Waals surface area contributed by atoms with Gasteiger partial charge < -0.3 is 0 Å². The number of H-pyrrole nitrogens is 1. The third-order valence-electron chi connectivity index (χ3n) is 3.54. The lowest BCUT2D eigenvalue weighted by Crippen LogP contribution is -2.05. The van der Waals surface area contributed by atoms with Crippen molar-refractivity contribution in [2.24, 2.45) is 0 Å². The van der Waals surface area contributed by atoms with Gasteiger partial charge in [0.1, 0.15) is 5.69 Å². The van der Waals surface area contributed by atoms with Crippen LogP contribution in [0.4, 0.5) is 8.78 Å². The highest BCUT2D eigenvalue weighted by atomic mass is 35.5. The molecule has 24 heavy (non-hydrogen) atoms. The van der Waals surface area contributed by atoms with Crippen molar-refractivity contribution in [1.29, 1.82) is 0 Å². The SMILES string of the molecule is Fc1cccc(Cn2nc(-c3nc(Cl)n[nH]3)c3cccnc32)c1F. The Morgan fingerprint density at radius 1 is 1.17 bits per heavy atom. The summed E-state index contributed by atoms with van der Waals surface area (Å²) in [5.41, 5.74) is 1.17. The van der Waals surface area contributed by atoms with Crippen LogP contribution in [0.15, 0.2) is 36.5 Å². The molecular weight excluding hydrogens is 338 g/mol. The van der Waals surface area contributed by atoms with Gasteiger partial charge in [-0.15, -0.1) is 5.10 Å². The number of benzene rings is 1. The summed E-state index contributed by atoms with van der Waals surface area (Å²) in [4.78, 5) is 8.32. The van der Waals surface area contributed by atoms with Crippen LogP contribution in [0.2, 0.25) is 5.28 Å². The minimum Gasteiger partial charge on any atom is -0.256 e. The molecule has 0 bridgehead atoms. The van der Waals surface area contributed by atoms with Gasteiger partial charge in [0, 0.05) is 11.8 Å². The third-order valence-corrected chi connectivity index (χ3v) is 3.71. The number of rotatable bonds is 3. The van der Waals surface area contributed by atoms with E-state index in [1.807, 2.05) is 0 Å². The molecule has 0 spiro atoms. The summed E-state index contributed by atoms with van der Waals surface area (Å²) in [6.07, 6.45) is 1.60. The molecule has 0 radical (unpaired) electrons. The lowest BCUT2D eigenvalue weighted by molar-refractivity contribution is 0.493. The van der Waals surface area contributed by atoms with Crippen LogP contribution in [-0.4, -0.2) is 29.9 Å². The van der Waals surface area contributed by atoms with Crippen LogP contribution in [0.1, 0.15) is 5.56 Å². The van der Waals surface area contributed by atoms with Crippen molar-refractivity contribution in [3.8, 4) is 11.5 Å². The molecule has 4 aromatic rings. The van der Waals surface area contributed by atoms with Crippen molar-refractivity contribution in [2.45, 2.75) is 6.54 Å². The van der Waals surface area contributed by atoms with Gasteiger partial charge >= 0.3 is 0 Å². The van der Waals surface area contributed by atoms with Crippen molar-refractivity contribution in [3.63, 3.8) is 0 Å². The highest BCUT2D eigenvalue weighted by molar-refractivity contribution is 6.28. The van der Waals surface area contributed by atoms with Crippen molar-refractivity contribution < 1.29 is 8.78 Å². The fraction of sp³-hybridized carbons (Fsp3) is 0.0667. The first kappa shape index (κ1) is 14.7. The number of aromatic amines is 1. The monoisotopic (exact) mass is 346 g/mol. The van der Waals surface area contributed by atoms with E-state index in [4.69, 9.17) is 11.6 Å². The van der Waals surface area contributed by atoms with Gasteiger partial charge in [0.25, 0.3) is 0 Å². The first-order valence-electron chi connectivity index (χ1n) is 6.96. The van der Waals surface area contributed by atoms with Crippen LogP contribution < -0.4 is 0 Å². The summed E-state index contributed by atoms with van der Waals surface area (Å²) >= 11 is 5.74. The Labute approximate surface area is 139 Å². The lowest BCUT2D eigenvalue weighted by Gasteiger charge is -2.05. The first-order chi connectivity index (χ1) is 11.6. The van der Waals surface area contributed by atoms with Crippen molar-refractivity contribution >= 4 is 22.6 Å². The van der Waals surface area contributed by atoms with Crippen LogP contribution in [0, 0.1) is 11.6 Å². The summed E-state index contributed by atoms with van der Waals surface area (Å²) in [5.74, 6) is -1.43. The average Bonchev–Trinajstić information content (AvgIpc) is 3.16. The smallest absolute Gasteiger partial charge is 0.242 e. The lowest BCUT2D eigenvalue weighted by atomic mass is 10.2. The van der Waals surface area contributed by atoms with Crippen LogP contribution in [-0.2, 0) is 6.54 Å². The summed E-state index contributed by atoms with van der Waals surface area (Å²) in [6.45, 7) is 0.0268. The van der Waals surface area contributed by atoms with Gasteiger partial charge in [-0.3, -0.25) is 5.10 Å². The van der Waals surface area contributed by atoms with Gasteiger partial charge in [-0.2, -0.15) is 10.1 Å². The van der Waals surface area contributed by atoms with Gasteiger partial charge in [0.05, 0.1) is 11.9 Å². The molecule has 0 aliphatic carbocycles. The van der Waals surface area contributed by atoms with Crippen LogP contribution in [0.25, 0.3) is 22.6 Å². The maximum atomic E-state index is 13.9. The molecule has 0 atom stereocenters. The fourth-order valence-corrected chi connectivity index (χ4v) is 2.60. The van der Waals surface area contributed by atoms with E-state index in [0.717, 1.165) is 6.07 Å². The number of aromatic nitrogens is 6. The van der Waals surface area contributed by atoms with Gasteiger partial charge in [-0.1, -0.05) is 12.1 Å². The second-order valence-corrected chi connectivity index (χ2v) is 5.38. The highest BCUT2D eigenvalue weighted by Crippen LogP contribution is 2.25. The molecule has 3 heterocycles. The molecule has 1 N–H and O–H groups in total. The minimum atomic E-state index is -0.904. The summed E-state index contributed by atoms with van der Waals surface area (Å²) in [5, 5.41) is 11.6. The highest BCUT2D eigenvalue weighted by Gasteiger charge is 2.18. The van der Waals surface area contributed by atoms with Gasteiger partial charge in [-0.25, -0.2) is 18.4 Å². The molecule has 0 fully saturated rings. The molecule has 0 saturated heterocycles.